The molecule has 0 spiro atoms. The van der Waals surface area contributed by atoms with E-state index in [1.165, 1.54) is 23.1 Å². The second kappa shape index (κ2) is 7.33. The molecule has 2 aromatic carbocycles. The van der Waals surface area contributed by atoms with E-state index in [0.717, 1.165) is 18.0 Å². The highest BCUT2D eigenvalue weighted by Gasteiger charge is 2.35. The minimum absolute atomic E-state index is 0.0435. The summed E-state index contributed by atoms with van der Waals surface area (Å²) in [4.78, 5) is 9.94. The maximum absolute atomic E-state index is 13.4. The van der Waals surface area contributed by atoms with Crippen molar-refractivity contribution in [2.45, 2.75) is 16.1 Å². The summed E-state index contributed by atoms with van der Waals surface area (Å²) in [7, 11) is 1.56. The Morgan fingerprint density at radius 1 is 1.00 bits per heavy atom. The van der Waals surface area contributed by atoms with E-state index in [0.29, 0.717) is 10.6 Å². The summed E-state index contributed by atoms with van der Waals surface area (Å²) in [5.41, 5.74) is -0.483. The van der Waals surface area contributed by atoms with Crippen LogP contribution in [-0.4, -0.2) is 17.0 Å². The fourth-order valence-electron chi connectivity index (χ4n) is 2.19. The van der Waals surface area contributed by atoms with Gasteiger partial charge in [0.1, 0.15) is 16.4 Å². The van der Waals surface area contributed by atoms with Crippen LogP contribution in [0, 0.1) is 5.82 Å². The van der Waals surface area contributed by atoms with Gasteiger partial charge in [-0.1, -0.05) is 36.0 Å². The van der Waals surface area contributed by atoms with Crippen molar-refractivity contribution in [3.8, 4) is 0 Å². The summed E-state index contributed by atoms with van der Waals surface area (Å²) in [6.45, 7) is 0. The van der Waals surface area contributed by atoms with Crippen molar-refractivity contribution in [1.82, 2.24) is 9.97 Å². The summed E-state index contributed by atoms with van der Waals surface area (Å²) in [6.07, 6.45) is -3.82. The molecule has 8 heteroatoms. The summed E-state index contributed by atoms with van der Waals surface area (Å²) < 4.78 is 53.3. The second-order valence-electron chi connectivity index (χ2n) is 5.34. The number of hydrogen-bond acceptors (Lipinski definition) is 4. The lowest BCUT2D eigenvalue weighted by Crippen LogP contribution is -2.16. The third-order valence-corrected chi connectivity index (χ3v) is 4.51. The van der Waals surface area contributed by atoms with Crippen molar-refractivity contribution in [2.24, 2.45) is 0 Å². The van der Waals surface area contributed by atoms with Crippen molar-refractivity contribution in [1.29, 1.82) is 0 Å². The van der Waals surface area contributed by atoms with E-state index in [-0.39, 0.29) is 11.0 Å². The van der Waals surface area contributed by atoms with Crippen molar-refractivity contribution in [3.63, 3.8) is 0 Å². The number of hydrogen-bond donors (Lipinski definition) is 0. The monoisotopic (exact) mass is 379 g/mol. The van der Waals surface area contributed by atoms with Crippen LogP contribution in [0.1, 0.15) is 5.56 Å². The molecule has 0 atom stereocenters. The molecule has 3 aromatic rings. The van der Waals surface area contributed by atoms with Crippen LogP contribution >= 0.6 is 11.8 Å². The van der Waals surface area contributed by atoms with Gasteiger partial charge in [-0.3, -0.25) is 0 Å². The van der Waals surface area contributed by atoms with Crippen molar-refractivity contribution < 1.29 is 17.6 Å². The lowest BCUT2D eigenvalue weighted by Gasteiger charge is -2.19. The number of nitrogens with zero attached hydrogens (tertiary/aromatic N) is 3. The highest BCUT2D eigenvalue weighted by molar-refractivity contribution is 7.99. The van der Waals surface area contributed by atoms with Gasteiger partial charge in [0.05, 0.1) is 0 Å². The van der Waals surface area contributed by atoms with Crippen molar-refractivity contribution in [3.05, 3.63) is 72.2 Å². The van der Waals surface area contributed by atoms with Crippen LogP contribution in [0.4, 0.5) is 29.2 Å². The molecule has 0 aliphatic rings. The zero-order chi connectivity index (χ0) is 18.7. The molecule has 3 rings (SSSR count). The van der Waals surface area contributed by atoms with Gasteiger partial charge in [-0.25, -0.2) is 14.4 Å². The fourth-order valence-corrected chi connectivity index (χ4v) is 3.11. The smallest absolute Gasteiger partial charge is 0.313 e. The molecule has 0 fully saturated rings. The van der Waals surface area contributed by atoms with Crippen LogP contribution in [0.25, 0.3) is 0 Å². The van der Waals surface area contributed by atoms with Crippen LogP contribution in [0.2, 0.25) is 0 Å². The lowest BCUT2D eigenvalue weighted by molar-refractivity contribution is -0.140. The van der Waals surface area contributed by atoms with Crippen molar-refractivity contribution in [2.75, 3.05) is 11.9 Å². The molecular weight excluding hydrogens is 366 g/mol. The Labute approximate surface area is 151 Å². The normalized spacial score (nSPS) is 11.4. The third-order valence-electron chi connectivity index (χ3n) is 3.50. The summed E-state index contributed by atoms with van der Waals surface area (Å²) >= 11 is 0.899. The Balaban J connectivity index is 2.01. The number of halogens is 4. The zero-order valence-corrected chi connectivity index (χ0v) is 14.4. The predicted octanol–water partition coefficient (Wildman–Crippen LogP) is 5.55. The Hall–Kier alpha value is -2.61. The Morgan fingerprint density at radius 3 is 2.38 bits per heavy atom. The topological polar surface area (TPSA) is 29.0 Å². The number of alkyl halides is 3. The number of aromatic nitrogens is 2. The first-order chi connectivity index (χ1) is 12.3. The highest BCUT2D eigenvalue weighted by atomic mass is 32.2. The standard InChI is InChI=1S/C18H13F4N3S/c1-25(13-7-5-6-12(19)10-13)17-23-11-15(18(20,21)22)16(24-17)26-14-8-3-2-4-9-14/h2-11H,1H3. The number of rotatable bonds is 4. The summed E-state index contributed by atoms with van der Waals surface area (Å²) in [5.74, 6) is -0.415. The van der Waals surface area contributed by atoms with Gasteiger partial charge in [0.25, 0.3) is 0 Å². The van der Waals surface area contributed by atoms with Crippen LogP contribution in [0.5, 0.6) is 0 Å². The molecule has 1 heterocycles. The van der Waals surface area contributed by atoms with Crippen LogP contribution < -0.4 is 4.90 Å². The van der Waals surface area contributed by atoms with Crippen molar-refractivity contribution >= 4 is 23.4 Å². The van der Waals surface area contributed by atoms with Gasteiger partial charge in [-0.15, -0.1) is 0 Å². The highest BCUT2D eigenvalue weighted by Crippen LogP contribution is 2.39. The minimum Gasteiger partial charge on any atom is -0.313 e. The van der Waals surface area contributed by atoms with Crippen LogP contribution in [0.15, 0.2) is 70.7 Å². The zero-order valence-electron chi connectivity index (χ0n) is 13.5. The number of anilines is 2. The second-order valence-corrected chi connectivity index (χ2v) is 6.40. The van der Waals surface area contributed by atoms with E-state index in [1.807, 2.05) is 0 Å². The molecule has 1 aromatic heterocycles. The first-order valence-corrected chi connectivity index (χ1v) is 8.32. The largest absolute Gasteiger partial charge is 0.420 e. The van der Waals surface area contributed by atoms with E-state index in [2.05, 4.69) is 9.97 Å². The van der Waals surface area contributed by atoms with E-state index < -0.39 is 17.6 Å². The molecule has 0 radical (unpaired) electrons. The van der Waals surface area contributed by atoms with E-state index in [1.54, 1.807) is 43.4 Å². The van der Waals surface area contributed by atoms with Gasteiger partial charge in [0.15, 0.2) is 0 Å². The molecule has 0 aliphatic heterocycles. The van der Waals surface area contributed by atoms with E-state index in [4.69, 9.17) is 0 Å². The molecule has 0 amide bonds. The van der Waals surface area contributed by atoms with Gasteiger partial charge in [0, 0.05) is 23.8 Å². The molecule has 0 aliphatic carbocycles. The first-order valence-electron chi connectivity index (χ1n) is 7.51. The Bertz CT molecular complexity index is 900. The third kappa shape index (κ3) is 4.13. The molecule has 0 unspecified atom stereocenters. The van der Waals surface area contributed by atoms with Gasteiger partial charge in [0.2, 0.25) is 5.95 Å². The van der Waals surface area contributed by atoms with Gasteiger partial charge < -0.3 is 4.90 Å². The molecule has 0 saturated heterocycles. The molecule has 0 N–H and O–H groups in total. The quantitative estimate of drug-likeness (QED) is 0.439. The average Bonchev–Trinajstić information content (AvgIpc) is 2.61. The molecule has 3 nitrogen and oxygen atoms in total. The van der Waals surface area contributed by atoms with Gasteiger partial charge in [-0.05, 0) is 30.3 Å². The van der Waals surface area contributed by atoms with Gasteiger partial charge in [-0.2, -0.15) is 13.2 Å². The maximum Gasteiger partial charge on any atom is 0.420 e. The first kappa shape index (κ1) is 18.2. The average molecular weight is 379 g/mol. The molecule has 26 heavy (non-hydrogen) atoms. The fraction of sp³-hybridized carbons (Fsp3) is 0.111. The summed E-state index contributed by atoms with van der Waals surface area (Å²) in [5, 5.41) is -0.211. The van der Waals surface area contributed by atoms with E-state index in [9.17, 15) is 17.6 Å². The predicted molar refractivity (Wildman–Crippen MR) is 92.1 cm³/mol. The SMILES string of the molecule is CN(c1cccc(F)c1)c1ncc(C(F)(F)F)c(Sc2ccccc2)n1. The molecule has 0 saturated carbocycles. The minimum atomic E-state index is -4.58. The maximum atomic E-state index is 13.4. The molecular formula is C18H13F4N3S. The molecule has 0 bridgehead atoms. The number of benzene rings is 2. The van der Waals surface area contributed by atoms with Crippen LogP contribution in [-0.2, 0) is 6.18 Å². The van der Waals surface area contributed by atoms with Crippen LogP contribution in [0.3, 0.4) is 0 Å². The Morgan fingerprint density at radius 2 is 1.73 bits per heavy atom. The molecule has 134 valence electrons. The Kier molecular flexibility index (Phi) is 5.13. The van der Waals surface area contributed by atoms with Gasteiger partial charge >= 0.3 is 6.18 Å². The summed E-state index contributed by atoms with van der Waals surface area (Å²) in [6, 6.07) is 14.3. The lowest BCUT2D eigenvalue weighted by atomic mass is 10.3. The van der Waals surface area contributed by atoms with E-state index >= 15 is 0 Å².